The average molecular weight is 397 g/mol. The Labute approximate surface area is 170 Å². The number of anilines is 1. The van der Waals surface area contributed by atoms with E-state index in [1.807, 2.05) is 17.0 Å². The van der Waals surface area contributed by atoms with E-state index in [0.29, 0.717) is 23.0 Å². The Hall–Kier alpha value is -2.33. The third kappa shape index (κ3) is 4.07. The number of fused-ring (bicyclic) bond motifs is 1. The molecule has 146 valence electrons. The van der Waals surface area contributed by atoms with Gasteiger partial charge in [0.2, 0.25) is 5.91 Å². The minimum absolute atomic E-state index is 0.119. The molecule has 4 nitrogen and oxygen atoms in total. The van der Waals surface area contributed by atoms with Gasteiger partial charge in [-0.2, -0.15) is 0 Å². The van der Waals surface area contributed by atoms with Crippen LogP contribution in [-0.2, 0) is 17.8 Å². The third-order valence-electron chi connectivity index (χ3n) is 5.82. The van der Waals surface area contributed by atoms with E-state index in [2.05, 4.69) is 11.4 Å². The van der Waals surface area contributed by atoms with E-state index in [1.54, 1.807) is 24.3 Å². The number of hydrogen-bond donors (Lipinski definition) is 1. The van der Waals surface area contributed by atoms with Crippen molar-refractivity contribution in [1.29, 1.82) is 0 Å². The van der Waals surface area contributed by atoms with E-state index in [0.717, 1.165) is 37.1 Å². The van der Waals surface area contributed by atoms with Crippen molar-refractivity contribution in [1.82, 2.24) is 5.32 Å². The van der Waals surface area contributed by atoms with Crippen molar-refractivity contribution in [3.05, 3.63) is 64.2 Å². The van der Waals surface area contributed by atoms with Crippen LogP contribution in [0.15, 0.2) is 42.5 Å². The first-order valence-corrected chi connectivity index (χ1v) is 10.5. The van der Waals surface area contributed by atoms with E-state index >= 15 is 0 Å². The fourth-order valence-corrected chi connectivity index (χ4v) is 4.38. The highest BCUT2D eigenvalue weighted by Crippen LogP contribution is 2.33. The maximum Gasteiger partial charge on any atom is 0.251 e. The predicted molar refractivity (Wildman–Crippen MR) is 112 cm³/mol. The molecule has 1 fully saturated rings. The predicted octanol–water partition coefficient (Wildman–Crippen LogP) is 4.74. The number of benzene rings is 2. The molecular weight excluding hydrogens is 372 g/mol. The standard InChI is InChI=1S/C23H25ClN2O2/c24-20-9-7-17(8-10-20)22(27)25-15-16-6-11-21-19(14-16)12-13-26(21)23(28)18-4-2-1-3-5-18/h6-11,14,18H,1-5,12-13,15H2,(H,25,27). The Morgan fingerprint density at radius 3 is 2.54 bits per heavy atom. The molecule has 2 amide bonds. The van der Waals surface area contributed by atoms with Crippen molar-refractivity contribution in [2.75, 3.05) is 11.4 Å². The lowest BCUT2D eigenvalue weighted by molar-refractivity contribution is -0.123. The zero-order valence-corrected chi connectivity index (χ0v) is 16.7. The van der Waals surface area contributed by atoms with Crippen molar-refractivity contribution in [2.24, 2.45) is 5.92 Å². The first kappa shape index (κ1) is 19.0. The topological polar surface area (TPSA) is 49.4 Å². The lowest BCUT2D eigenvalue weighted by Gasteiger charge is -2.26. The van der Waals surface area contributed by atoms with Crippen LogP contribution in [0, 0.1) is 5.92 Å². The van der Waals surface area contributed by atoms with Crippen molar-refractivity contribution >= 4 is 29.1 Å². The number of hydrogen-bond acceptors (Lipinski definition) is 2. The Kier molecular flexibility index (Phi) is 5.67. The van der Waals surface area contributed by atoms with Crippen LogP contribution in [0.3, 0.4) is 0 Å². The minimum atomic E-state index is -0.119. The van der Waals surface area contributed by atoms with Gasteiger partial charge >= 0.3 is 0 Å². The summed E-state index contributed by atoms with van der Waals surface area (Å²) in [6, 6.07) is 13.0. The number of nitrogens with zero attached hydrogens (tertiary/aromatic N) is 1. The van der Waals surface area contributed by atoms with Gasteiger partial charge in [-0.05, 0) is 60.7 Å². The summed E-state index contributed by atoms with van der Waals surface area (Å²) in [7, 11) is 0. The molecular formula is C23H25ClN2O2. The van der Waals surface area contributed by atoms with Gasteiger partial charge in [-0.3, -0.25) is 9.59 Å². The molecule has 0 saturated heterocycles. The monoisotopic (exact) mass is 396 g/mol. The number of rotatable bonds is 4. The summed E-state index contributed by atoms with van der Waals surface area (Å²) in [4.78, 5) is 27.1. The summed E-state index contributed by atoms with van der Waals surface area (Å²) in [6.45, 7) is 1.23. The van der Waals surface area contributed by atoms with Gasteiger partial charge in [-0.25, -0.2) is 0 Å². The summed E-state index contributed by atoms with van der Waals surface area (Å²) in [5, 5.41) is 3.56. The van der Waals surface area contributed by atoms with Crippen LogP contribution in [-0.4, -0.2) is 18.4 Å². The molecule has 0 bridgehead atoms. The summed E-state index contributed by atoms with van der Waals surface area (Å²) < 4.78 is 0. The zero-order chi connectivity index (χ0) is 19.5. The largest absolute Gasteiger partial charge is 0.348 e. The molecule has 1 aliphatic carbocycles. The van der Waals surface area contributed by atoms with Crippen LogP contribution >= 0.6 is 11.6 Å². The third-order valence-corrected chi connectivity index (χ3v) is 6.07. The molecule has 2 aliphatic rings. The summed E-state index contributed by atoms with van der Waals surface area (Å²) in [5.41, 5.74) is 3.88. The SMILES string of the molecule is O=C(NCc1ccc2c(c1)CCN2C(=O)C1CCCCC1)c1ccc(Cl)cc1. The zero-order valence-electron chi connectivity index (χ0n) is 15.9. The van der Waals surface area contributed by atoms with E-state index in [-0.39, 0.29) is 11.8 Å². The molecule has 1 heterocycles. The number of halogens is 1. The quantitative estimate of drug-likeness (QED) is 0.811. The van der Waals surface area contributed by atoms with Gasteiger partial charge in [0.05, 0.1) is 0 Å². The van der Waals surface area contributed by atoms with Gasteiger partial charge in [0.15, 0.2) is 0 Å². The highest BCUT2D eigenvalue weighted by molar-refractivity contribution is 6.30. The Balaban J connectivity index is 1.40. The lowest BCUT2D eigenvalue weighted by atomic mass is 9.88. The van der Waals surface area contributed by atoms with Gasteiger partial charge in [0.1, 0.15) is 0 Å². The molecule has 5 heteroatoms. The summed E-state index contributed by atoms with van der Waals surface area (Å²) in [5.74, 6) is 0.367. The van der Waals surface area contributed by atoms with Gasteiger partial charge in [0, 0.05) is 35.3 Å². The molecule has 1 N–H and O–H groups in total. The normalized spacial score (nSPS) is 16.7. The Bertz CT molecular complexity index is 873. The van der Waals surface area contributed by atoms with Crippen LogP contribution in [0.5, 0.6) is 0 Å². The van der Waals surface area contributed by atoms with Crippen molar-refractivity contribution in [3.8, 4) is 0 Å². The van der Waals surface area contributed by atoms with Gasteiger partial charge in [-0.15, -0.1) is 0 Å². The molecule has 1 aliphatic heterocycles. The van der Waals surface area contributed by atoms with E-state index < -0.39 is 0 Å². The van der Waals surface area contributed by atoms with E-state index in [4.69, 9.17) is 11.6 Å². The first-order chi connectivity index (χ1) is 13.6. The maximum atomic E-state index is 12.9. The van der Waals surface area contributed by atoms with E-state index in [9.17, 15) is 9.59 Å². The van der Waals surface area contributed by atoms with Crippen molar-refractivity contribution < 1.29 is 9.59 Å². The molecule has 0 unspecified atom stereocenters. The molecule has 28 heavy (non-hydrogen) atoms. The van der Waals surface area contributed by atoms with Crippen LogP contribution in [0.4, 0.5) is 5.69 Å². The highest BCUT2D eigenvalue weighted by atomic mass is 35.5. The lowest BCUT2D eigenvalue weighted by Crippen LogP contribution is -2.35. The second-order valence-electron chi connectivity index (χ2n) is 7.73. The maximum absolute atomic E-state index is 12.9. The summed E-state index contributed by atoms with van der Waals surface area (Å²) >= 11 is 5.87. The molecule has 0 aromatic heterocycles. The van der Waals surface area contributed by atoms with Gasteiger partial charge in [0.25, 0.3) is 5.91 Å². The van der Waals surface area contributed by atoms with Crippen molar-refractivity contribution in [3.63, 3.8) is 0 Å². The Morgan fingerprint density at radius 1 is 1.04 bits per heavy atom. The van der Waals surface area contributed by atoms with Crippen LogP contribution < -0.4 is 10.2 Å². The van der Waals surface area contributed by atoms with Gasteiger partial charge in [-0.1, -0.05) is 43.0 Å². The van der Waals surface area contributed by atoms with E-state index in [1.165, 1.54) is 24.8 Å². The van der Waals surface area contributed by atoms with Crippen molar-refractivity contribution in [2.45, 2.75) is 45.1 Å². The number of carbonyl (C=O) groups excluding carboxylic acids is 2. The minimum Gasteiger partial charge on any atom is -0.348 e. The molecule has 0 radical (unpaired) electrons. The summed E-state index contributed by atoms with van der Waals surface area (Å²) in [6.07, 6.45) is 6.53. The smallest absolute Gasteiger partial charge is 0.251 e. The highest BCUT2D eigenvalue weighted by Gasteiger charge is 2.30. The number of carbonyl (C=O) groups is 2. The molecule has 0 spiro atoms. The van der Waals surface area contributed by atoms with Crippen LogP contribution in [0.2, 0.25) is 5.02 Å². The first-order valence-electron chi connectivity index (χ1n) is 10.1. The fraction of sp³-hybridized carbons (Fsp3) is 0.391. The van der Waals surface area contributed by atoms with Crippen LogP contribution in [0.25, 0.3) is 0 Å². The van der Waals surface area contributed by atoms with Crippen LogP contribution in [0.1, 0.15) is 53.6 Å². The number of amides is 2. The molecule has 1 saturated carbocycles. The molecule has 2 aromatic carbocycles. The second-order valence-corrected chi connectivity index (χ2v) is 8.16. The molecule has 2 aromatic rings. The average Bonchev–Trinajstić information content (AvgIpc) is 3.16. The number of nitrogens with one attached hydrogen (secondary N) is 1. The van der Waals surface area contributed by atoms with Gasteiger partial charge < -0.3 is 10.2 Å². The second kappa shape index (κ2) is 8.36. The molecule has 4 rings (SSSR count). The fourth-order valence-electron chi connectivity index (χ4n) is 4.25. The Morgan fingerprint density at radius 2 is 1.79 bits per heavy atom. The molecule has 0 atom stereocenters.